The van der Waals surface area contributed by atoms with Crippen LogP contribution < -0.4 is 5.32 Å². The van der Waals surface area contributed by atoms with Crippen LogP contribution in [-0.2, 0) is 0 Å². The number of aromatic nitrogens is 2. The van der Waals surface area contributed by atoms with Gasteiger partial charge in [0.15, 0.2) is 5.76 Å². The summed E-state index contributed by atoms with van der Waals surface area (Å²) in [6.45, 7) is 6.61. The van der Waals surface area contributed by atoms with Gasteiger partial charge in [0.1, 0.15) is 5.69 Å². The van der Waals surface area contributed by atoms with E-state index in [9.17, 15) is 9.59 Å². The SMILES string of the molecule is CCCCNc1nc(C)cc(C(=O)N2CCN(C(=O)c3ccco3)CC2)n1. The third kappa shape index (κ3) is 4.64. The van der Waals surface area contributed by atoms with Crippen molar-refractivity contribution in [3.8, 4) is 0 Å². The number of nitrogens with zero attached hydrogens (tertiary/aromatic N) is 4. The second-order valence-corrected chi connectivity index (χ2v) is 6.56. The van der Waals surface area contributed by atoms with E-state index >= 15 is 0 Å². The standard InChI is InChI=1S/C19H25N5O3/c1-3-4-7-20-19-21-14(2)13-15(22-19)17(25)23-8-10-24(11-9-23)18(26)16-6-5-12-27-16/h5-6,12-13H,3-4,7-11H2,1-2H3,(H,20,21,22). The van der Waals surface area contributed by atoms with E-state index in [0.717, 1.165) is 25.1 Å². The van der Waals surface area contributed by atoms with E-state index in [-0.39, 0.29) is 11.8 Å². The molecule has 0 atom stereocenters. The smallest absolute Gasteiger partial charge is 0.289 e. The van der Waals surface area contributed by atoms with E-state index < -0.39 is 0 Å². The molecule has 8 nitrogen and oxygen atoms in total. The van der Waals surface area contributed by atoms with Crippen LogP contribution in [0.1, 0.15) is 46.5 Å². The lowest BCUT2D eigenvalue weighted by Crippen LogP contribution is -2.50. The summed E-state index contributed by atoms with van der Waals surface area (Å²) in [5.41, 5.74) is 1.13. The van der Waals surface area contributed by atoms with Crippen LogP contribution in [0.25, 0.3) is 0 Å². The molecule has 144 valence electrons. The summed E-state index contributed by atoms with van der Waals surface area (Å²) >= 11 is 0. The zero-order valence-corrected chi connectivity index (χ0v) is 15.8. The van der Waals surface area contributed by atoms with Crippen molar-refractivity contribution >= 4 is 17.8 Å². The maximum Gasteiger partial charge on any atom is 0.289 e. The van der Waals surface area contributed by atoms with Crippen LogP contribution in [0.5, 0.6) is 0 Å². The lowest BCUT2D eigenvalue weighted by molar-refractivity contribution is 0.0515. The molecule has 2 amide bonds. The Balaban J connectivity index is 1.61. The summed E-state index contributed by atoms with van der Waals surface area (Å²) in [6, 6.07) is 5.04. The average Bonchev–Trinajstić information content (AvgIpc) is 3.21. The van der Waals surface area contributed by atoms with Gasteiger partial charge in [-0.3, -0.25) is 9.59 Å². The van der Waals surface area contributed by atoms with E-state index in [1.54, 1.807) is 28.0 Å². The fraction of sp³-hybridized carbons (Fsp3) is 0.474. The number of carbonyl (C=O) groups excluding carboxylic acids is 2. The molecule has 0 radical (unpaired) electrons. The highest BCUT2D eigenvalue weighted by Crippen LogP contribution is 2.13. The zero-order chi connectivity index (χ0) is 19.2. The van der Waals surface area contributed by atoms with Gasteiger partial charge in [-0.15, -0.1) is 0 Å². The average molecular weight is 371 g/mol. The van der Waals surface area contributed by atoms with Gasteiger partial charge in [-0.1, -0.05) is 13.3 Å². The molecule has 1 fully saturated rings. The van der Waals surface area contributed by atoms with Gasteiger partial charge in [-0.2, -0.15) is 0 Å². The Morgan fingerprint density at radius 2 is 1.85 bits per heavy atom. The minimum absolute atomic E-state index is 0.135. The number of anilines is 1. The topological polar surface area (TPSA) is 91.6 Å². The van der Waals surface area contributed by atoms with E-state index in [1.165, 1.54) is 6.26 Å². The Hall–Kier alpha value is -2.90. The van der Waals surface area contributed by atoms with Crippen molar-refractivity contribution in [2.75, 3.05) is 38.0 Å². The molecule has 1 aliphatic rings. The first-order valence-electron chi connectivity index (χ1n) is 9.30. The highest BCUT2D eigenvalue weighted by atomic mass is 16.3. The molecule has 3 heterocycles. The van der Waals surface area contributed by atoms with Gasteiger partial charge in [-0.05, 0) is 31.5 Å². The number of hydrogen-bond acceptors (Lipinski definition) is 6. The van der Waals surface area contributed by atoms with Gasteiger partial charge in [0.25, 0.3) is 11.8 Å². The Morgan fingerprint density at radius 3 is 2.48 bits per heavy atom. The number of piperazine rings is 1. The number of nitrogens with one attached hydrogen (secondary N) is 1. The van der Waals surface area contributed by atoms with Crippen LogP contribution in [0.4, 0.5) is 5.95 Å². The van der Waals surface area contributed by atoms with Gasteiger partial charge >= 0.3 is 0 Å². The molecule has 8 heteroatoms. The fourth-order valence-corrected chi connectivity index (χ4v) is 2.96. The lowest BCUT2D eigenvalue weighted by Gasteiger charge is -2.34. The van der Waals surface area contributed by atoms with Gasteiger partial charge in [0, 0.05) is 38.4 Å². The number of unbranched alkanes of at least 4 members (excludes halogenated alkanes) is 1. The summed E-state index contributed by atoms with van der Waals surface area (Å²) in [7, 11) is 0. The van der Waals surface area contributed by atoms with E-state index in [1.807, 2.05) is 6.92 Å². The maximum absolute atomic E-state index is 12.8. The highest BCUT2D eigenvalue weighted by Gasteiger charge is 2.27. The molecule has 0 aromatic carbocycles. The van der Waals surface area contributed by atoms with E-state index in [0.29, 0.717) is 43.6 Å². The molecule has 0 saturated carbocycles. The molecule has 2 aromatic heterocycles. The van der Waals surface area contributed by atoms with Crippen molar-refractivity contribution in [1.82, 2.24) is 19.8 Å². The fourth-order valence-electron chi connectivity index (χ4n) is 2.96. The van der Waals surface area contributed by atoms with Gasteiger partial charge in [-0.25, -0.2) is 9.97 Å². The third-order valence-corrected chi connectivity index (χ3v) is 4.47. The number of hydrogen-bond donors (Lipinski definition) is 1. The van der Waals surface area contributed by atoms with Crippen molar-refractivity contribution in [1.29, 1.82) is 0 Å². The summed E-state index contributed by atoms with van der Waals surface area (Å²) in [6.07, 6.45) is 3.58. The number of amides is 2. The van der Waals surface area contributed by atoms with Gasteiger partial charge in [0.2, 0.25) is 5.95 Å². The van der Waals surface area contributed by atoms with Crippen LogP contribution in [0, 0.1) is 6.92 Å². The van der Waals surface area contributed by atoms with Crippen molar-refractivity contribution in [2.45, 2.75) is 26.7 Å². The van der Waals surface area contributed by atoms with Crippen LogP contribution in [0.2, 0.25) is 0 Å². The van der Waals surface area contributed by atoms with Crippen LogP contribution >= 0.6 is 0 Å². The first-order valence-corrected chi connectivity index (χ1v) is 9.30. The van der Waals surface area contributed by atoms with Gasteiger partial charge in [0.05, 0.1) is 6.26 Å². The second-order valence-electron chi connectivity index (χ2n) is 6.56. The van der Waals surface area contributed by atoms with Crippen molar-refractivity contribution in [2.24, 2.45) is 0 Å². The van der Waals surface area contributed by atoms with E-state index in [2.05, 4.69) is 22.2 Å². The second kappa shape index (κ2) is 8.66. The van der Waals surface area contributed by atoms with Gasteiger partial charge < -0.3 is 19.5 Å². The number of carbonyl (C=O) groups is 2. The van der Waals surface area contributed by atoms with Crippen molar-refractivity contribution in [3.63, 3.8) is 0 Å². The molecule has 1 saturated heterocycles. The van der Waals surface area contributed by atoms with E-state index in [4.69, 9.17) is 4.42 Å². The summed E-state index contributed by atoms with van der Waals surface area (Å²) < 4.78 is 5.16. The Morgan fingerprint density at radius 1 is 1.15 bits per heavy atom. The van der Waals surface area contributed by atoms with Crippen molar-refractivity contribution < 1.29 is 14.0 Å². The first kappa shape index (κ1) is 18.9. The molecule has 3 rings (SSSR count). The normalized spacial score (nSPS) is 14.3. The Bertz CT molecular complexity index is 783. The summed E-state index contributed by atoms with van der Waals surface area (Å²) in [4.78, 5) is 37.3. The Kier molecular flexibility index (Phi) is 6.05. The number of rotatable bonds is 6. The maximum atomic E-state index is 12.8. The summed E-state index contributed by atoms with van der Waals surface area (Å²) in [5, 5.41) is 3.17. The zero-order valence-electron chi connectivity index (χ0n) is 15.8. The number of aryl methyl sites for hydroxylation is 1. The number of furan rings is 1. The van der Waals surface area contributed by atoms with Crippen LogP contribution in [-0.4, -0.2) is 64.3 Å². The van der Waals surface area contributed by atoms with Crippen LogP contribution in [0.3, 0.4) is 0 Å². The minimum atomic E-state index is -0.146. The molecule has 2 aromatic rings. The lowest BCUT2D eigenvalue weighted by atomic mass is 10.2. The Labute approximate surface area is 158 Å². The summed E-state index contributed by atoms with van der Waals surface area (Å²) in [5.74, 6) is 0.527. The first-order chi connectivity index (χ1) is 13.1. The molecular weight excluding hydrogens is 346 g/mol. The molecule has 0 aliphatic carbocycles. The molecule has 0 spiro atoms. The molecule has 1 aliphatic heterocycles. The molecule has 1 N–H and O–H groups in total. The van der Waals surface area contributed by atoms with Crippen molar-refractivity contribution in [3.05, 3.63) is 41.6 Å². The highest BCUT2D eigenvalue weighted by molar-refractivity contribution is 5.94. The molecule has 0 unspecified atom stereocenters. The largest absolute Gasteiger partial charge is 0.459 e. The predicted molar refractivity (Wildman–Crippen MR) is 101 cm³/mol. The monoisotopic (exact) mass is 371 g/mol. The molecular formula is C19H25N5O3. The molecule has 0 bridgehead atoms. The predicted octanol–water partition coefficient (Wildman–Crippen LogP) is 2.19. The molecule has 27 heavy (non-hydrogen) atoms. The van der Waals surface area contributed by atoms with Crippen LogP contribution in [0.15, 0.2) is 28.9 Å². The third-order valence-electron chi connectivity index (χ3n) is 4.47. The quantitative estimate of drug-likeness (QED) is 0.783. The minimum Gasteiger partial charge on any atom is -0.459 e.